The Bertz CT molecular complexity index is 903. The molecule has 1 fully saturated rings. The lowest BCUT2D eigenvalue weighted by molar-refractivity contribution is -0.138. The molecule has 0 unspecified atom stereocenters. The van der Waals surface area contributed by atoms with Crippen molar-refractivity contribution in [3.05, 3.63) is 30.1 Å². The molecule has 2 amide bonds. The number of nitrogens with one attached hydrogen (secondary N) is 2. The number of hydrogen-bond donors (Lipinski definition) is 2. The minimum atomic E-state index is -0.791. The number of piperidine rings is 1. The van der Waals surface area contributed by atoms with Crippen molar-refractivity contribution in [1.82, 2.24) is 20.2 Å². The Morgan fingerprint density at radius 1 is 1.19 bits per heavy atom. The van der Waals surface area contributed by atoms with E-state index in [1.165, 1.54) is 0 Å². The van der Waals surface area contributed by atoms with Crippen LogP contribution < -0.4 is 5.32 Å². The van der Waals surface area contributed by atoms with Crippen LogP contribution in [0.1, 0.15) is 71.5 Å². The molecule has 32 heavy (non-hydrogen) atoms. The normalized spacial score (nSPS) is 17.5. The number of benzene rings is 1. The minimum absolute atomic E-state index is 0.0245. The Labute approximate surface area is 190 Å². The molecule has 174 valence electrons. The van der Waals surface area contributed by atoms with Gasteiger partial charge in [0.15, 0.2) is 5.78 Å². The lowest BCUT2D eigenvalue weighted by Crippen LogP contribution is -2.48. The number of ketones is 1. The van der Waals surface area contributed by atoms with Gasteiger partial charge in [-0.25, -0.2) is 4.98 Å². The lowest BCUT2D eigenvalue weighted by atomic mass is 9.99. The zero-order valence-electron chi connectivity index (χ0n) is 19.5. The largest absolute Gasteiger partial charge is 0.346 e. The molecule has 2 heterocycles. The van der Waals surface area contributed by atoms with Crippen LogP contribution in [0.4, 0.5) is 0 Å². The number of carbonyl (C=O) groups is 3. The molecule has 1 aromatic carbocycles. The monoisotopic (exact) mass is 440 g/mol. The van der Waals surface area contributed by atoms with Crippen molar-refractivity contribution in [2.24, 2.45) is 5.92 Å². The van der Waals surface area contributed by atoms with Crippen molar-refractivity contribution in [1.29, 1.82) is 0 Å². The number of aromatic amines is 1. The van der Waals surface area contributed by atoms with Crippen LogP contribution in [-0.2, 0) is 20.8 Å². The first-order valence-electron chi connectivity index (χ1n) is 11.9. The summed E-state index contributed by atoms with van der Waals surface area (Å²) in [5.41, 5.74) is 1.80. The fourth-order valence-electron chi connectivity index (χ4n) is 4.23. The number of H-pyrrole nitrogens is 1. The second-order valence-corrected chi connectivity index (χ2v) is 9.36. The number of nitrogens with zero attached hydrogens (tertiary/aromatic N) is 2. The summed E-state index contributed by atoms with van der Waals surface area (Å²) in [5.74, 6) is 0.796. The van der Waals surface area contributed by atoms with E-state index in [2.05, 4.69) is 36.1 Å². The van der Waals surface area contributed by atoms with E-state index in [1.54, 1.807) is 0 Å². The molecule has 1 aromatic heterocycles. The number of amides is 2. The van der Waals surface area contributed by atoms with Gasteiger partial charge in [-0.1, -0.05) is 26.0 Å². The zero-order valence-corrected chi connectivity index (χ0v) is 19.5. The van der Waals surface area contributed by atoms with Crippen molar-refractivity contribution >= 4 is 28.6 Å². The number of aromatic nitrogens is 2. The summed E-state index contributed by atoms with van der Waals surface area (Å²) in [6.45, 7) is 6.90. The summed E-state index contributed by atoms with van der Waals surface area (Å²) < 4.78 is 0. The maximum Gasteiger partial charge on any atom is 0.225 e. The first kappa shape index (κ1) is 24.0. The van der Waals surface area contributed by atoms with Crippen LogP contribution in [0, 0.1) is 5.92 Å². The topological polar surface area (TPSA) is 95.2 Å². The van der Waals surface area contributed by atoms with Gasteiger partial charge >= 0.3 is 0 Å². The lowest BCUT2D eigenvalue weighted by Gasteiger charge is -2.34. The fraction of sp³-hybridized carbons (Fsp3) is 0.600. The summed E-state index contributed by atoms with van der Waals surface area (Å²) in [6.07, 6.45) is 4.90. The van der Waals surface area contributed by atoms with E-state index in [0.717, 1.165) is 49.1 Å². The van der Waals surface area contributed by atoms with Crippen LogP contribution in [0.3, 0.4) is 0 Å². The number of Topliss-reactive ketones (excluding diaryl/α,β-unsaturated/α-hetero) is 1. The Morgan fingerprint density at radius 3 is 2.69 bits per heavy atom. The highest BCUT2D eigenvalue weighted by Crippen LogP contribution is 2.19. The quantitative estimate of drug-likeness (QED) is 0.588. The Hall–Kier alpha value is -2.70. The van der Waals surface area contributed by atoms with E-state index in [9.17, 15) is 14.4 Å². The van der Waals surface area contributed by atoms with Gasteiger partial charge in [0, 0.05) is 31.8 Å². The highest BCUT2D eigenvalue weighted by molar-refractivity contribution is 5.93. The molecule has 1 aliphatic rings. The summed E-state index contributed by atoms with van der Waals surface area (Å²) >= 11 is 0. The number of rotatable bonds is 10. The molecule has 2 N–H and O–H groups in total. The third-order valence-electron chi connectivity index (χ3n) is 6.22. The van der Waals surface area contributed by atoms with Gasteiger partial charge in [0.05, 0.1) is 23.5 Å². The third kappa shape index (κ3) is 6.65. The minimum Gasteiger partial charge on any atom is -0.346 e. The number of aryl methyl sites for hydroxylation is 1. The predicted molar refractivity (Wildman–Crippen MR) is 125 cm³/mol. The standard InChI is InChI=1S/C25H36N4O3/c1-17(2)11-14-24(31)28-21(16-25(32)29-15-7-6-8-18(29)3)22(30)12-13-23-26-19-9-4-5-10-20(19)27-23/h4-5,9-10,17-18,21H,6-8,11-16H2,1-3H3,(H,26,27)(H,28,31)/t18-,21-/m0/s1. The molecular formula is C25H36N4O3. The molecular weight excluding hydrogens is 404 g/mol. The Morgan fingerprint density at radius 2 is 1.97 bits per heavy atom. The molecule has 0 bridgehead atoms. The van der Waals surface area contributed by atoms with E-state index in [4.69, 9.17) is 0 Å². The van der Waals surface area contributed by atoms with E-state index in [1.807, 2.05) is 29.2 Å². The number of likely N-dealkylation sites (tertiary alicyclic amines) is 1. The molecule has 3 rings (SSSR count). The summed E-state index contributed by atoms with van der Waals surface area (Å²) in [6, 6.07) is 7.12. The zero-order chi connectivity index (χ0) is 23.1. The number of fused-ring (bicyclic) bond motifs is 1. The van der Waals surface area contributed by atoms with Crippen LogP contribution in [0.2, 0.25) is 0 Å². The van der Waals surface area contributed by atoms with Crippen molar-refractivity contribution in [3.8, 4) is 0 Å². The second kappa shape index (κ2) is 11.2. The molecule has 0 spiro atoms. The van der Waals surface area contributed by atoms with Crippen LogP contribution in [0.15, 0.2) is 24.3 Å². The van der Waals surface area contributed by atoms with Crippen LogP contribution in [0.25, 0.3) is 11.0 Å². The van der Waals surface area contributed by atoms with E-state index >= 15 is 0 Å². The third-order valence-corrected chi connectivity index (χ3v) is 6.22. The Balaban J connectivity index is 1.64. The van der Waals surface area contributed by atoms with Gasteiger partial charge < -0.3 is 15.2 Å². The first-order chi connectivity index (χ1) is 15.3. The van der Waals surface area contributed by atoms with E-state index in [-0.39, 0.29) is 36.5 Å². The second-order valence-electron chi connectivity index (χ2n) is 9.36. The van der Waals surface area contributed by atoms with Gasteiger partial charge in [0.2, 0.25) is 11.8 Å². The van der Waals surface area contributed by atoms with Gasteiger partial charge in [-0.3, -0.25) is 14.4 Å². The molecule has 7 nitrogen and oxygen atoms in total. The van der Waals surface area contributed by atoms with Gasteiger partial charge in [-0.15, -0.1) is 0 Å². The maximum atomic E-state index is 13.1. The molecule has 7 heteroatoms. The molecule has 2 aromatic rings. The van der Waals surface area contributed by atoms with Gasteiger partial charge in [0.1, 0.15) is 5.82 Å². The fourth-order valence-corrected chi connectivity index (χ4v) is 4.23. The average Bonchev–Trinajstić information content (AvgIpc) is 3.19. The number of carbonyl (C=O) groups excluding carboxylic acids is 3. The molecule has 2 atom stereocenters. The van der Waals surface area contributed by atoms with Gasteiger partial charge in [0.25, 0.3) is 0 Å². The van der Waals surface area contributed by atoms with E-state index < -0.39 is 6.04 Å². The van der Waals surface area contributed by atoms with Crippen molar-refractivity contribution < 1.29 is 14.4 Å². The van der Waals surface area contributed by atoms with Crippen LogP contribution >= 0.6 is 0 Å². The SMILES string of the molecule is CC(C)CCC(=O)N[C@@H](CC(=O)N1CCCC[C@@H]1C)C(=O)CCc1nc2ccccc2[nH]1. The molecule has 1 saturated heterocycles. The van der Waals surface area contributed by atoms with E-state index in [0.29, 0.717) is 18.8 Å². The van der Waals surface area contributed by atoms with Crippen LogP contribution in [0.5, 0.6) is 0 Å². The predicted octanol–water partition coefficient (Wildman–Crippen LogP) is 3.78. The first-order valence-corrected chi connectivity index (χ1v) is 11.9. The summed E-state index contributed by atoms with van der Waals surface area (Å²) in [5, 5.41) is 2.85. The maximum absolute atomic E-state index is 13.1. The smallest absolute Gasteiger partial charge is 0.225 e. The molecule has 0 saturated carbocycles. The van der Waals surface area contributed by atoms with Crippen LogP contribution in [-0.4, -0.2) is 51.1 Å². The highest BCUT2D eigenvalue weighted by Gasteiger charge is 2.29. The molecule has 0 aliphatic carbocycles. The molecule has 1 aliphatic heterocycles. The van der Waals surface area contributed by atoms with Crippen molar-refractivity contribution in [3.63, 3.8) is 0 Å². The molecule has 0 radical (unpaired) electrons. The number of imidazole rings is 1. The Kier molecular flexibility index (Phi) is 8.42. The van der Waals surface area contributed by atoms with Crippen molar-refractivity contribution in [2.45, 2.75) is 84.2 Å². The number of para-hydroxylation sites is 2. The number of hydrogen-bond acceptors (Lipinski definition) is 4. The summed E-state index contributed by atoms with van der Waals surface area (Å²) in [7, 11) is 0. The van der Waals surface area contributed by atoms with Crippen molar-refractivity contribution in [2.75, 3.05) is 6.54 Å². The van der Waals surface area contributed by atoms with Gasteiger partial charge in [-0.05, 0) is 50.7 Å². The highest BCUT2D eigenvalue weighted by atomic mass is 16.2. The average molecular weight is 441 g/mol. The summed E-state index contributed by atoms with van der Waals surface area (Å²) in [4.78, 5) is 48.1. The van der Waals surface area contributed by atoms with Gasteiger partial charge in [-0.2, -0.15) is 0 Å².